The number of thioether (sulfide) groups is 1. The van der Waals surface area contributed by atoms with E-state index in [0.717, 1.165) is 11.6 Å². The quantitative estimate of drug-likeness (QED) is 0.881. The molecule has 2 atom stereocenters. The van der Waals surface area contributed by atoms with Gasteiger partial charge in [0, 0.05) is 11.7 Å². The van der Waals surface area contributed by atoms with Crippen LogP contribution in [0.5, 0.6) is 0 Å². The monoisotopic (exact) mass is 243 g/mol. The van der Waals surface area contributed by atoms with Crippen molar-refractivity contribution < 1.29 is 0 Å². The Morgan fingerprint density at radius 2 is 2.40 bits per heavy atom. The second-order valence-corrected chi connectivity index (χ2v) is 6.01. The maximum Gasteiger partial charge on any atom is 0.134 e. The van der Waals surface area contributed by atoms with Gasteiger partial charge >= 0.3 is 0 Å². The molecule has 0 saturated carbocycles. The highest BCUT2D eigenvalue weighted by Gasteiger charge is 2.22. The van der Waals surface area contributed by atoms with Crippen LogP contribution in [-0.4, -0.2) is 28.2 Å². The summed E-state index contributed by atoms with van der Waals surface area (Å²) >= 11 is 3.81. The van der Waals surface area contributed by atoms with Gasteiger partial charge in [-0.25, -0.2) is 0 Å². The Kier molecular flexibility index (Phi) is 3.99. The van der Waals surface area contributed by atoms with Crippen molar-refractivity contribution in [3.8, 4) is 0 Å². The van der Waals surface area contributed by atoms with Gasteiger partial charge in [-0.15, -0.1) is 10.2 Å². The summed E-state index contributed by atoms with van der Waals surface area (Å²) in [6.45, 7) is 5.25. The Morgan fingerprint density at radius 3 is 3.07 bits per heavy atom. The highest BCUT2D eigenvalue weighted by atomic mass is 32.2. The van der Waals surface area contributed by atoms with E-state index in [2.05, 4.69) is 29.4 Å². The predicted octanol–water partition coefficient (Wildman–Crippen LogP) is 2.43. The highest BCUT2D eigenvalue weighted by molar-refractivity contribution is 7.99. The molecule has 5 heteroatoms. The standard InChI is InChI=1S/C10H17N3S2/c1-3-11-7(2)9-12-13-10(15-9)8-4-5-14-6-8/h7-8,11H,3-6H2,1-2H3. The Morgan fingerprint density at radius 1 is 1.53 bits per heavy atom. The molecule has 15 heavy (non-hydrogen) atoms. The van der Waals surface area contributed by atoms with Gasteiger partial charge in [-0.05, 0) is 25.6 Å². The fourth-order valence-electron chi connectivity index (χ4n) is 1.71. The third-order valence-electron chi connectivity index (χ3n) is 2.62. The van der Waals surface area contributed by atoms with Gasteiger partial charge in [-0.1, -0.05) is 18.3 Å². The summed E-state index contributed by atoms with van der Waals surface area (Å²) in [5, 5.41) is 14.3. The van der Waals surface area contributed by atoms with E-state index < -0.39 is 0 Å². The van der Waals surface area contributed by atoms with Gasteiger partial charge in [0.25, 0.3) is 0 Å². The van der Waals surface area contributed by atoms with Crippen LogP contribution in [0.2, 0.25) is 0 Å². The molecule has 0 aliphatic carbocycles. The molecule has 1 aliphatic rings. The van der Waals surface area contributed by atoms with Crippen LogP contribution in [0.1, 0.15) is 42.2 Å². The van der Waals surface area contributed by atoms with E-state index in [1.54, 1.807) is 11.3 Å². The van der Waals surface area contributed by atoms with Gasteiger partial charge in [0.15, 0.2) is 0 Å². The van der Waals surface area contributed by atoms with Crippen molar-refractivity contribution in [3.63, 3.8) is 0 Å². The molecule has 1 aromatic rings. The van der Waals surface area contributed by atoms with Crippen molar-refractivity contribution in [1.29, 1.82) is 0 Å². The van der Waals surface area contributed by atoms with Crippen LogP contribution in [0.3, 0.4) is 0 Å². The van der Waals surface area contributed by atoms with Crippen molar-refractivity contribution in [2.45, 2.75) is 32.2 Å². The van der Waals surface area contributed by atoms with Crippen LogP contribution < -0.4 is 5.32 Å². The summed E-state index contributed by atoms with van der Waals surface area (Å²) in [4.78, 5) is 0. The molecule has 3 nitrogen and oxygen atoms in total. The van der Waals surface area contributed by atoms with Gasteiger partial charge in [-0.2, -0.15) is 11.8 Å². The summed E-state index contributed by atoms with van der Waals surface area (Å²) < 4.78 is 0. The molecular formula is C10H17N3S2. The predicted molar refractivity (Wildman–Crippen MR) is 66.7 cm³/mol. The molecule has 1 fully saturated rings. The minimum Gasteiger partial charge on any atom is -0.308 e. The molecular weight excluding hydrogens is 226 g/mol. The molecule has 0 spiro atoms. The zero-order chi connectivity index (χ0) is 10.7. The molecule has 2 heterocycles. The van der Waals surface area contributed by atoms with Crippen molar-refractivity contribution in [1.82, 2.24) is 15.5 Å². The topological polar surface area (TPSA) is 37.8 Å². The average molecular weight is 243 g/mol. The fraction of sp³-hybridized carbons (Fsp3) is 0.800. The van der Waals surface area contributed by atoms with Crippen LogP contribution in [0.4, 0.5) is 0 Å². The fourth-order valence-corrected chi connectivity index (χ4v) is 4.05. The van der Waals surface area contributed by atoms with E-state index in [0.29, 0.717) is 12.0 Å². The molecule has 1 saturated heterocycles. The smallest absolute Gasteiger partial charge is 0.134 e. The van der Waals surface area contributed by atoms with Gasteiger partial charge in [0.05, 0.1) is 6.04 Å². The molecule has 1 N–H and O–H groups in total. The number of nitrogens with zero attached hydrogens (tertiary/aromatic N) is 2. The Bertz CT molecular complexity index is 307. The van der Waals surface area contributed by atoms with Crippen molar-refractivity contribution >= 4 is 23.1 Å². The largest absolute Gasteiger partial charge is 0.308 e. The SMILES string of the molecule is CCNC(C)c1nnc(C2CCSC2)s1. The van der Waals surface area contributed by atoms with Crippen LogP contribution in [0.15, 0.2) is 0 Å². The van der Waals surface area contributed by atoms with Gasteiger partial charge in [-0.3, -0.25) is 0 Å². The lowest BCUT2D eigenvalue weighted by atomic mass is 10.1. The summed E-state index contributed by atoms with van der Waals surface area (Å²) in [6, 6.07) is 0.343. The first-order chi connectivity index (χ1) is 7.31. The van der Waals surface area contributed by atoms with E-state index in [-0.39, 0.29) is 0 Å². The lowest BCUT2D eigenvalue weighted by Gasteiger charge is -2.06. The van der Waals surface area contributed by atoms with Crippen LogP contribution >= 0.6 is 23.1 Å². The maximum atomic E-state index is 4.32. The minimum atomic E-state index is 0.343. The Hall–Kier alpha value is -0.130. The van der Waals surface area contributed by atoms with Gasteiger partial charge in [0.1, 0.15) is 10.0 Å². The second-order valence-electron chi connectivity index (χ2n) is 3.82. The van der Waals surface area contributed by atoms with E-state index in [1.165, 1.54) is 22.9 Å². The summed E-state index contributed by atoms with van der Waals surface area (Å²) in [5.74, 6) is 3.17. The molecule has 2 rings (SSSR count). The first-order valence-electron chi connectivity index (χ1n) is 5.45. The summed E-state index contributed by atoms with van der Waals surface area (Å²) in [6.07, 6.45) is 1.27. The third-order valence-corrected chi connectivity index (χ3v) is 5.05. The lowest BCUT2D eigenvalue weighted by molar-refractivity contribution is 0.589. The Labute approximate surface area is 99.1 Å². The van der Waals surface area contributed by atoms with Crippen LogP contribution in [0.25, 0.3) is 0 Å². The second kappa shape index (κ2) is 5.27. The van der Waals surface area contributed by atoms with Crippen LogP contribution in [0, 0.1) is 0 Å². The van der Waals surface area contributed by atoms with Gasteiger partial charge in [0.2, 0.25) is 0 Å². The molecule has 0 bridgehead atoms. The number of nitrogens with one attached hydrogen (secondary N) is 1. The van der Waals surface area contributed by atoms with Crippen molar-refractivity contribution in [2.75, 3.05) is 18.1 Å². The molecule has 2 unspecified atom stereocenters. The molecule has 0 aromatic carbocycles. The summed E-state index contributed by atoms with van der Waals surface area (Å²) in [5.41, 5.74) is 0. The maximum absolute atomic E-state index is 4.32. The highest BCUT2D eigenvalue weighted by Crippen LogP contribution is 2.34. The summed E-state index contributed by atoms with van der Waals surface area (Å²) in [7, 11) is 0. The van der Waals surface area contributed by atoms with Crippen LogP contribution in [-0.2, 0) is 0 Å². The zero-order valence-corrected chi connectivity index (χ0v) is 10.8. The number of rotatable bonds is 4. The van der Waals surface area contributed by atoms with Crippen molar-refractivity contribution in [3.05, 3.63) is 10.0 Å². The van der Waals surface area contributed by atoms with E-state index in [1.807, 2.05) is 11.8 Å². The normalized spacial score (nSPS) is 23.2. The van der Waals surface area contributed by atoms with E-state index >= 15 is 0 Å². The van der Waals surface area contributed by atoms with E-state index in [4.69, 9.17) is 0 Å². The first kappa shape index (κ1) is 11.4. The first-order valence-corrected chi connectivity index (χ1v) is 7.42. The van der Waals surface area contributed by atoms with E-state index in [9.17, 15) is 0 Å². The molecule has 1 aromatic heterocycles. The molecule has 0 radical (unpaired) electrons. The lowest BCUT2D eigenvalue weighted by Crippen LogP contribution is -2.17. The third kappa shape index (κ3) is 2.71. The zero-order valence-electron chi connectivity index (χ0n) is 9.19. The average Bonchev–Trinajstić information content (AvgIpc) is 2.89. The molecule has 84 valence electrons. The number of hydrogen-bond donors (Lipinski definition) is 1. The van der Waals surface area contributed by atoms with Gasteiger partial charge < -0.3 is 5.32 Å². The molecule has 1 aliphatic heterocycles. The number of hydrogen-bond acceptors (Lipinski definition) is 5. The number of aromatic nitrogens is 2. The minimum absolute atomic E-state index is 0.343. The molecule has 0 amide bonds. The van der Waals surface area contributed by atoms with Crippen molar-refractivity contribution in [2.24, 2.45) is 0 Å². The Balaban J connectivity index is 2.02.